The molecule has 0 radical (unpaired) electrons. The van der Waals surface area contributed by atoms with Crippen LogP contribution in [0.25, 0.3) is 0 Å². The van der Waals surface area contributed by atoms with Crippen molar-refractivity contribution >= 4 is 11.8 Å². The number of rotatable bonds is 3. The van der Waals surface area contributed by atoms with Gasteiger partial charge in [0.15, 0.2) is 0 Å². The van der Waals surface area contributed by atoms with Crippen LogP contribution >= 0.6 is 0 Å². The van der Waals surface area contributed by atoms with E-state index in [1.807, 2.05) is 13.8 Å². The van der Waals surface area contributed by atoms with Crippen molar-refractivity contribution in [1.82, 2.24) is 10.2 Å². The van der Waals surface area contributed by atoms with Crippen LogP contribution in [-0.2, 0) is 9.59 Å². The zero-order chi connectivity index (χ0) is 11.4. The first-order valence-corrected chi connectivity index (χ1v) is 5.45. The zero-order valence-corrected chi connectivity index (χ0v) is 9.32. The topological polar surface area (TPSA) is 75.4 Å². The van der Waals surface area contributed by atoms with Gasteiger partial charge in [-0.05, 0) is 12.8 Å². The molecular formula is C10H19N3O2. The summed E-state index contributed by atoms with van der Waals surface area (Å²) in [5.74, 6) is -0.181. The molecule has 0 saturated carbocycles. The van der Waals surface area contributed by atoms with Gasteiger partial charge in [-0.25, -0.2) is 0 Å². The van der Waals surface area contributed by atoms with E-state index in [0.29, 0.717) is 25.9 Å². The van der Waals surface area contributed by atoms with E-state index >= 15 is 0 Å². The van der Waals surface area contributed by atoms with Gasteiger partial charge in [-0.1, -0.05) is 13.8 Å². The summed E-state index contributed by atoms with van der Waals surface area (Å²) < 4.78 is 0. The van der Waals surface area contributed by atoms with Crippen LogP contribution < -0.4 is 11.1 Å². The quantitative estimate of drug-likeness (QED) is 0.661. The summed E-state index contributed by atoms with van der Waals surface area (Å²) in [6, 6.07) is -0.825. The number of carbonyl (C=O) groups is 2. The van der Waals surface area contributed by atoms with Crippen molar-refractivity contribution < 1.29 is 9.59 Å². The lowest BCUT2D eigenvalue weighted by atomic mass is 10.1. The van der Waals surface area contributed by atoms with Gasteiger partial charge in [0.2, 0.25) is 11.8 Å². The first-order chi connectivity index (χ1) is 7.11. The van der Waals surface area contributed by atoms with Crippen molar-refractivity contribution in [3.8, 4) is 0 Å². The molecule has 1 unspecified atom stereocenters. The van der Waals surface area contributed by atoms with Crippen molar-refractivity contribution in [3.63, 3.8) is 0 Å². The average molecular weight is 213 g/mol. The minimum Gasteiger partial charge on any atom is -0.353 e. The van der Waals surface area contributed by atoms with Crippen LogP contribution in [0.3, 0.4) is 0 Å². The van der Waals surface area contributed by atoms with E-state index in [2.05, 4.69) is 5.32 Å². The number of amides is 2. The van der Waals surface area contributed by atoms with Crippen LogP contribution in [0.1, 0.15) is 26.7 Å². The molecule has 0 spiro atoms. The molecular weight excluding hydrogens is 194 g/mol. The van der Waals surface area contributed by atoms with E-state index in [-0.39, 0.29) is 17.9 Å². The van der Waals surface area contributed by atoms with E-state index in [9.17, 15) is 9.59 Å². The Morgan fingerprint density at radius 3 is 2.87 bits per heavy atom. The Kier molecular flexibility index (Phi) is 4.08. The van der Waals surface area contributed by atoms with Crippen molar-refractivity contribution in [2.45, 2.75) is 38.8 Å². The summed E-state index contributed by atoms with van der Waals surface area (Å²) >= 11 is 0. The maximum atomic E-state index is 11.9. The third kappa shape index (κ3) is 2.47. The molecule has 15 heavy (non-hydrogen) atoms. The van der Waals surface area contributed by atoms with Gasteiger partial charge < -0.3 is 16.0 Å². The molecule has 86 valence electrons. The summed E-state index contributed by atoms with van der Waals surface area (Å²) in [5, 5.41) is 2.75. The zero-order valence-electron chi connectivity index (χ0n) is 9.32. The van der Waals surface area contributed by atoms with E-state index < -0.39 is 6.04 Å². The van der Waals surface area contributed by atoms with Crippen molar-refractivity contribution in [1.29, 1.82) is 0 Å². The third-order valence-corrected chi connectivity index (χ3v) is 2.76. The molecule has 5 heteroatoms. The number of hydrogen-bond donors (Lipinski definition) is 2. The van der Waals surface area contributed by atoms with Gasteiger partial charge in [-0.2, -0.15) is 0 Å². The van der Waals surface area contributed by atoms with E-state index in [1.165, 1.54) is 0 Å². The van der Waals surface area contributed by atoms with Crippen LogP contribution in [-0.4, -0.2) is 41.9 Å². The summed E-state index contributed by atoms with van der Waals surface area (Å²) in [5.41, 5.74) is 5.69. The predicted octanol–water partition coefficient (Wildman–Crippen LogP) is -0.539. The Bertz CT molecular complexity index is 255. The number of carbonyl (C=O) groups excluding carboxylic acids is 2. The molecule has 0 aromatic carbocycles. The molecule has 1 aliphatic heterocycles. The molecule has 1 heterocycles. The van der Waals surface area contributed by atoms with Crippen LogP contribution in [0.2, 0.25) is 0 Å². The van der Waals surface area contributed by atoms with Crippen LogP contribution in [0.5, 0.6) is 0 Å². The van der Waals surface area contributed by atoms with Crippen molar-refractivity contribution in [3.05, 3.63) is 0 Å². The van der Waals surface area contributed by atoms with E-state index in [1.54, 1.807) is 4.90 Å². The van der Waals surface area contributed by atoms with Crippen LogP contribution in [0.4, 0.5) is 0 Å². The van der Waals surface area contributed by atoms with Crippen LogP contribution in [0.15, 0.2) is 0 Å². The standard InChI is InChI=1S/C10H19N3O2/c1-3-7(11)10(15)13-6-5-12-9(14)8(13)4-2/h7-8H,3-6,11H2,1-2H3,(H,12,14)/t7-,8?/m1/s1. The lowest BCUT2D eigenvalue weighted by molar-refractivity contribution is -0.144. The molecule has 1 fully saturated rings. The highest BCUT2D eigenvalue weighted by Gasteiger charge is 2.33. The molecule has 3 N–H and O–H groups in total. The predicted molar refractivity (Wildman–Crippen MR) is 57.1 cm³/mol. The molecule has 1 aliphatic rings. The number of nitrogens with two attached hydrogens (primary N) is 1. The van der Waals surface area contributed by atoms with Gasteiger partial charge in [0, 0.05) is 13.1 Å². The Morgan fingerprint density at radius 2 is 2.33 bits per heavy atom. The Balaban J connectivity index is 2.73. The third-order valence-electron chi connectivity index (χ3n) is 2.76. The highest BCUT2D eigenvalue weighted by Crippen LogP contribution is 2.10. The molecule has 5 nitrogen and oxygen atoms in total. The monoisotopic (exact) mass is 213 g/mol. The first kappa shape index (κ1) is 12.0. The fourth-order valence-electron chi connectivity index (χ4n) is 1.77. The summed E-state index contributed by atoms with van der Waals surface area (Å²) in [6.45, 7) is 4.86. The number of hydrogen-bond acceptors (Lipinski definition) is 3. The molecule has 1 saturated heterocycles. The van der Waals surface area contributed by atoms with Crippen molar-refractivity contribution in [2.75, 3.05) is 13.1 Å². The van der Waals surface area contributed by atoms with Gasteiger partial charge in [0.1, 0.15) is 6.04 Å². The highest BCUT2D eigenvalue weighted by atomic mass is 16.2. The maximum Gasteiger partial charge on any atom is 0.242 e. The summed E-state index contributed by atoms with van der Waals surface area (Å²) in [7, 11) is 0. The molecule has 0 aromatic heterocycles. The van der Waals surface area contributed by atoms with E-state index in [4.69, 9.17) is 5.73 Å². The normalized spacial score (nSPS) is 23.5. The van der Waals surface area contributed by atoms with Crippen LogP contribution in [0, 0.1) is 0 Å². The van der Waals surface area contributed by atoms with Gasteiger partial charge in [0.05, 0.1) is 6.04 Å². The second kappa shape index (κ2) is 5.11. The highest BCUT2D eigenvalue weighted by molar-refractivity contribution is 5.90. The number of nitrogens with zero attached hydrogens (tertiary/aromatic N) is 1. The Hall–Kier alpha value is -1.10. The second-order valence-electron chi connectivity index (χ2n) is 3.76. The fraction of sp³-hybridized carbons (Fsp3) is 0.800. The van der Waals surface area contributed by atoms with E-state index in [0.717, 1.165) is 0 Å². The van der Waals surface area contributed by atoms with Gasteiger partial charge in [-0.15, -0.1) is 0 Å². The number of nitrogens with one attached hydrogen (secondary N) is 1. The smallest absolute Gasteiger partial charge is 0.242 e. The van der Waals surface area contributed by atoms with Gasteiger partial charge >= 0.3 is 0 Å². The summed E-state index contributed by atoms with van der Waals surface area (Å²) in [6.07, 6.45) is 1.24. The maximum absolute atomic E-state index is 11.9. The SMILES string of the molecule is CCC1C(=O)NCCN1C(=O)[C@H](N)CC. The second-order valence-corrected chi connectivity index (χ2v) is 3.76. The lowest BCUT2D eigenvalue weighted by Gasteiger charge is -2.35. The first-order valence-electron chi connectivity index (χ1n) is 5.45. The Labute approximate surface area is 90.0 Å². The molecule has 1 rings (SSSR count). The fourth-order valence-corrected chi connectivity index (χ4v) is 1.77. The molecule has 0 bridgehead atoms. The minimum absolute atomic E-state index is 0.0691. The van der Waals surface area contributed by atoms with Crippen molar-refractivity contribution in [2.24, 2.45) is 5.73 Å². The summed E-state index contributed by atoms with van der Waals surface area (Å²) in [4.78, 5) is 25.0. The molecule has 0 aliphatic carbocycles. The number of piperazine rings is 1. The minimum atomic E-state index is -0.482. The molecule has 2 amide bonds. The lowest BCUT2D eigenvalue weighted by Crippen LogP contribution is -2.59. The average Bonchev–Trinajstić information content (AvgIpc) is 2.26. The molecule has 2 atom stereocenters. The molecule has 0 aromatic rings. The van der Waals surface area contributed by atoms with Gasteiger partial charge in [-0.3, -0.25) is 9.59 Å². The Morgan fingerprint density at radius 1 is 1.67 bits per heavy atom. The van der Waals surface area contributed by atoms with Gasteiger partial charge in [0.25, 0.3) is 0 Å². The largest absolute Gasteiger partial charge is 0.353 e.